The minimum absolute atomic E-state index is 0.0381. The number of ether oxygens (including phenoxy) is 2. The molecule has 1 saturated heterocycles. The van der Waals surface area contributed by atoms with Gasteiger partial charge >= 0.3 is 0 Å². The van der Waals surface area contributed by atoms with E-state index in [0.29, 0.717) is 24.3 Å². The van der Waals surface area contributed by atoms with Gasteiger partial charge in [-0.3, -0.25) is 19.4 Å². The molecule has 0 N–H and O–H groups in total. The zero-order valence-electron chi connectivity index (χ0n) is 17.2. The molecule has 1 unspecified atom stereocenters. The van der Waals surface area contributed by atoms with E-state index in [1.807, 2.05) is 18.2 Å². The number of rotatable bonds is 5. The molecule has 6 nitrogen and oxygen atoms in total. The van der Waals surface area contributed by atoms with Crippen LogP contribution in [0.25, 0.3) is 0 Å². The Hall–Kier alpha value is -2.86. The molecule has 1 atom stereocenters. The average molecular weight is 406 g/mol. The summed E-state index contributed by atoms with van der Waals surface area (Å²) in [5, 5.41) is 0. The Bertz CT molecular complexity index is 955. The standard InChI is InChI=1S/C24H26N2O4/c1-29-20-9-4-10-21-19(20)15-24(16-30-21)11-5-12-25(24)13-6-14-26-22(27)17-7-2-3-8-18(17)23(26)28/h2-4,7-10H,5-6,11-16H2,1H3. The van der Waals surface area contributed by atoms with E-state index in [1.54, 1.807) is 31.4 Å². The lowest BCUT2D eigenvalue weighted by molar-refractivity contribution is 0.0524. The molecule has 0 aromatic heterocycles. The van der Waals surface area contributed by atoms with Crippen LogP contribution >= 0.6 is 0 Å². The number of likely N-dealkylation sites (tertiary alicyclic amines) is 1. The molecule has 30 heavy (non-hydrogen) atoms. The monoisotopic (exact) mass is 406 g/mol. The zero-order valence-corrected chi connectivity index (χ0v) is 17.2. The van der Waals surface area contributed by atoms with Gasteiger partial charge < -0.3 is 9.47 Å². The molecule has 0 aliphatic carbocycles. The summed E-state index contributed by atoms with van der Waals surface area (Å²) in [6.07, 6.45) is 3.86. The Labute approximate surface area is 176 Å². The highest BCUT2D eigenvalue weighted by Crippen LogP contribution is 2.42. The van der Waals surface area contributed by atoms with E-state index in [0.717, 1.165) is 55.8 Å². The van der Waals surface area contributed by atoms with Gasteiger partial charge in [-0.05, 0) is 50.1 Å². The number of hydrogen-bond acceptors (Lipinski definition) is 5. The molecule has 1 fully saturated rings. The first-order valence-electron chi connectivity index (χ1n) is 10.6. The molecular weight excluding hydrogens is 380 g/mol. The van der Waals surface area contributed by atoms with Gasteiger partial charge in [0.25, 0.3) is 11.8 Å². The Morgan fingerprint density at radius 3 is 2.53 bits per heavy atom. The van der Waals surface area contributed by atoms with Gasteiger partial charge in [0.15, 0.2) is 0 Å². The maximum absolute atomic E-state index is 12.6. The molecule has 2 aromatic rings. The lowest BCUT2D eigenvalue weighted by atomic mass is 9.86. The number of imide groups is 1. The molecule has 2 aromatic carbocycles. The van der Waals surface area contributed by atoms with Crippen molar-refractivity contribution in [3.63, 3.8) is 0 Å². The first-order chi connectivity index (χ1) is 14.6. The van der Waals surface area contributed by atoms with Crippen molar-refractivity contribution in [1.82, 2.24) is 9.80 Å². The molecule has 6 heteroatoms. The number of carbonyl (C=O) groups excluding carboxylic acids is 2. The predicted octanol–water partition coefficient (Wildman–Crippen LogP) is 3.15. The maximum atomic E-state index is 12.6. The third kappa shape index (κ3) is 2.98. The van der Waals surface area contributed by atoms with E-state index in [1.165, 1.54) is 4.90 Å². The van der Waals surface area contributed by atoms with Gasteiger partial charge in [0.1, 0.15) is 18.1 Å². The van der Waals surface area contributed by atoms with E-state index < -0.39 is 0 Å². The number of fused-ring (bicyclic) bond motifs is 2. The summed E-state index contributed by atoms with van der Waals surface area (Å²) in [5.74, 6) is 1.44. The SMILES string of the molecule is COc1cccc2c1CC1(CCCN1CCCN1C(=O)c3ccccc3C1=O)CO2. The first-order valence-corrected chi connectivity index (χ1v) is 10.6. The van der Waals surface area contributed by atoms with Gasteiger partial charge in [-0.25, -0.2) is 0 Å². The van der Waals surface area contributed by atoms with Gasteiger partial charge in [-0.2, -0.15) is 0 Å². The molecule has 3 aliphatic rings. The summed E-state index contributed by atoms with van der Waals surface area (Å²) >= 11 is 0. The van der Waals surface area contributed by atoms with Crippen molar-refractivity contribution in [3.05, 3.63) is 59.2 Å². The fraction of sp³-hybridized carbons (Fsp3) is 0.417. The topological polar surface area (TPSA) is 59.1 Å². The summed E-state index contributed by atoms with van der Waals surface area (Å²) in [4.78, 5) is 29.1. The fourth-order valence-corrected chi connectivity index (χ4v) is 5.21. The molecule has 3 aliphatic heterocycles. The van der Waals surface area contributed by atoms with E-state index in [-0.39, 0.29) is 17.4 Å². The highest BCUT2D eigenvalue weighted by Gasteiger charge is 2.45. The van der Waals surface area contributed by atoms with Gasteiger partial charge in [0.05, 0.1) is 23.8 Å². The summed E-state index contributed by atoms with van der Waals surface area (Å²) in [7, 11) is 1.70. The Balaban J connectivity index is 1.26. The Morgan fingerprint density at radius 1 is 1.03 bits per heavy atom. The minimum Gasteiger partial charge on any atom is -0.496 e. The summed E-state index contributed by atoms with van der Waals surface area (Å²) in [6.45, 7) is 2.96. The van der Waals surface area contributed by atoms with Crippen LogP contribution in [0, 0.1) is 0 Å². The highest BCUT2D eigenvalue weighted by atomic mass is 16.5. The van der Waals surface area contributed by atoms with E-state index in [9.17, 15) is 9.59 Å². The van der Waals surface area contributed by atoms with Crippen molar-refractivity contribution in [2.75, 3.05) is 33.4 Å². The predicted molar refractivity (Wildman–Crippen MR) is 112 cm³/mol. The molecular formula is C24H26N2O4. The Morgan fingerprint density at radius 2 is 1.80 bits per heavy atom. The summed E-state index contributed by atoms with van der Waals surface area (Å²) < 4.78 is 11.7. The molecule has 0 bridgehead atoms. The third-order valence-corrected chi connectivity index (χ3v) is 6.74. The van der Waals surface area contributed by atoms with Gasteiger partial charge in [0, 0.05) is 25.1 Å². The van der Waals surface area contributed by atoms with Crippen LogP contribution in [0.2, 0.25) is 0 Å². The van der Waals surface area contributed by atoms with Gasteiger partial charge in [-0.1, -0.05) is 18.2 Å². The van der Waals surface area contributed by atoms with Crippen LogP contribution in [0.1, 0.15) is 45.5 Å². The molecule has 5 rings (SSSR count). The second kappa shape index (κ2) is 7.43. The zero-order chi connectivity index (χ0) is 20.7. The van der Waals surface area contributed by atoms with Crippen LogP contribution in [0.4, 0.5) is 0 Å². The third-order valence-electron chi connectivity index (χ3n) is 6.74. The molecule has 3 heterocycles. The number of methoxy groups -OCH3 is 1. The number of hydrogen-bond donors (Lipinski definition) is 0. The molecule has 156 valence electrons. The molecule has 0 saturated carbocycles. The molecule has 1 spiro atoms. The van der Waals surface area contributed by atoms with Crippen molar-refractivity contribution in [3.8, 4) is 11.5 Å². The van der Waals surface area contributed by atoms with Crippen molar-refractivity contribution in [2.45, 2.75) is 31.2 Å². The number of carbonyl (C=O) groups is 2. The van der Waals surface area contributed by atoms with Crippen LogP contribution in [-0.2, 0) is 6.42 Å². The van der Waals surface area contributed by atoms with Crippen LogP contribution in [0.5, 0.6) is 11.5 Å². The van der Waals surface area contributed by atoms with Crippen molar-refractivity contribution < 1.29 is 19.1 Å². The second-order valence-electron chi connectivity index (χ2n) is 8.38. The minimum atomic E-state index is -0.175. The Kier molecular flexibility index (Phi) is 4.74. The summed E-state index contributed by atoms with van der Waals surface area (Å²) in [5.41, 5.74) is 2.14. The van der Waals surface area contributed by atoms with Crippen molar-refractivity contribution in [1.29, 1.82) is 0 Å². The van der Waals surface area contributed by atoms with Gasteiger partial charge in [0.2, 0.25) is 0 Å². The van der Waals surface area contributed by atoms with E-state index in [2.05, 4.69) is 4.90 Å². The highest BCUT2D eigenvalue weighted by molar-refractivity contribution is 6.21. The largest absolute Gasteiger partial charge is 0.496 e. The lowest BCUT2D eigenvalue weighted by Gasteiger charge is -2.42. The molecule has 2 amide bonds. The van der Waals surface area contributed by atoms with E-state index in [4.69, 9.17) is 9.47 Å². The smallest absolute Gasteiger partial charge is 0.261 e. The lowest BCUT2D eigenvalue weighted by Crippen LogP contribution is -2.52. The van der Waals surface area contributed by atoms with Crippen molar-refractivity contribution in [2.24, 2.45) is 0 Å². The van der Waals surface area contributed by atoms with Crippen LogP contribution < -0.4 is 9.47 Å². The van der Waals surface area contributed by atoms with Crippen LogP contribution in [0.15, 0.2) is 42.5 Å². The maximum Gasteiger partial charge on any atom is 0.261 e. The first kappa shape index (κ1) is 19.1. The fourth-order valence-electron chi connectivity index (χ4n) is 5.21. The number of benzene rings is 2. The molecule has 0 radical (unpaired) electrons. The second-order valence-corrected chi connectivity index (χ2v) is 8.38. The van der Waals surface area contributed by atoms with Gasteiger partial charge in [-0.15, -0.1) is 0 Å². The van der Waals surface area contributed by atoms with Crippen molar-refractivity contribution >= 4 is 11.8 Å². The van der Waals surface area contributed by atoms with Crippen LogP contribution in [0.3, 0.4) is 0 Å². The quantitative estimate of drug-likeness (QED) is 0.714. The average Bonchev–Trinajstić information content (AvgIpc) is 3.27. The number of nitrogens with zero attached hydrogens (tertiary/aromatic N) is 2. The number of amides is 2. The van der Waals surface area contributed by atoms with E-state index >= 15 is 0 Å². The normalized spacial score (nSPS) is 22.9. The summed E-state index contributed by atoms with van der Waals surface area (Å²) in [6, 6.07) is 13.0. The van der Waals surface area contributed by atoms with Crippen LogP contribution in [-0.4, -0.2) is 60.5 Å².